The average molecular weight is 1610 g/mol. The van der Waals surface area contributed by atoms with Crippen LogP contribution in [0.15, 0.2) is 175 Å². The minimum Gasteiger partial charge on any atom is -0.481 e. The molecule has 5 atom stereocenters. The fourth-order valence-corrected chi connectivity index (χ4v) is 13.8. The van der Waals surface area contributed by atoms with Crippen LogP contribution in [0.2, 0.25) is 0 Å². The number of unbranched alkanes of at least 4 members (excludes halogenated alkanes) is 7. The van der Waals surface area contributed by atoms with Gasteiger partial charge in [-0.2, -0.15) is 0 Å². The van der Waals surface area contributed by atoms with E-state index in [1.807, 2.05) is 98.9 Å². The predicted molar refractivity (Wildman–Crippen MR) is 429 cm³/mol. The second-order valence-corrected chi connectivity index (χ2v) is 37.5. The highest BCUT2D eigenvalue weighted by Gasteiger charge is 2.20. The molecule has 0 saturated heterocycles. The SMILES string of the molecule is CCCCCCCCCCOP(C)(=NC)Oc1ccc(CC(=O)O)cc1.CN=P(C)(Cl)Oc1ccc(CCC(=O)O)cc1.CN=P(C)(O)Oc1ccc(CCC(=O)O)cc1.CN=P(C)(OCCOCCOC)Oc1ccc(CCC(=O)O)cc1.CN=P(C)(Oc1ccccc1)Oc1ccc(CCC(=O)O)cc1. The summed E-state index contributed by atoms with van der Waals surface area (Å²) in [6.45, 7) is 11.5. The molecule has 0 fully saturated rings. The maximum absolute atomic E-state index is 10.7. The van der Waals surface area contributed by atoms with Gasteiger partial charge in [-0.3, -0.25) is 28.7 Å². The average Bonchev–Trinajstić information content (AvgIpc) is 0.862. The van der Waals surface area contributed by atoms with Crippen LogP contribution in [0.1, 0.15) is 112 Å². The lowest BCUT2D eigenvalue weighted by atomic mass is 10.1. The molecule has 6 aromatic rings. The maximum atomic E-state index is 10.7. The number of hydrogen-bond acceptors (Lipinski definition) is 20. The van der Waals surface area contributed by atoms with Gasteiger partial charge in [0.25, 0.3) is 22.5 Å². The summed E-state index contributed by atoms with van der Waals surface area (Å²) in [7, 11) is 0.128. The molecule has 6 N–H and O–H groups in total. The van der Waals surface area contributed by atoms with Crippen molar-refractivity contribution in [2.45, 2.75) is 116 Å². The van der Waals surface area contributed by atoms with Gasteiger partial charge in [0.05, 0.1) is 39.5 Å². The Morgan fingerprint density at radius 2 is 0.673 bits per heavy atom. The number of benzene rings is 6. The van der Waals surface area contributed by atoms with E-state index in [0.717, 1.165) is 34.2 Å². The molecule has 107 heavy (non-hydrogen) atoms. The van der Waals surface area contributed by atoms with Crippen molar-refractivity contribution in [1.82, 2.24) is 0 Å². The highest BCUT2D eigenvalue weighted by atomic mass is 35.7. The molecule has 0 aromatic heterocycles. The molecule has 0 spiro atoms. The van der Waals surface area contributed by atoms with Crippen molar-refractivity contribution in [3.05, 3.63) is 179 Å². The Morgan fingerprint density at radius 1 is 0.355 bits per heavy atom. The summed E-state index contributed by atoms with van der Waals surface area (Å²) in [6, 6.07) is 45.4. The van der Waals surface area contributed by atoms with Crippen LogP contribution in [0.5, 0.6) is 34.5 Å². The van der Waals surface area contributed by atoms with Gasteiger partial charge in [-0.25, -0.2) is 19.0 Å². The zero-order valence-electron chi connectivity index (χ0n) is 63.6. The highest BCUT2D eigenvalue weighted by molar-refractivity contribution is 7.87. The number of carboxylic acids is 5. The number of rotatable bonds is 43. The summed E-state index contributed by atoms with van der Waals surface area (Å²) in [5, 5.41) is 43.3. The van der Waals surface area contributed by atoms with Gasteiger partial charge >= 0.3 is 37.4 Å². The fourth-order valence-electron chi connectivity index (χ4n) is 8.78. The second kappa shape index (κ2) is 53.5. The Morgan fingerprint density at radius 3 is 1.01 bits per heavy atom. The molecule has 0 heterocycles. The molecular weight excluding hydrogens is 1500 g/mol. The fraction of sp³-hybridized carbons (Fsp3) is 0.453. The van der Waals surface area contributed by atoms with Crippen molar-refractivity contribution in [3.63, 3.8) is 0 Å². The molecule has 0 aliphatic carbocycles. The molecule has 0 aliphatic heterocycles. The van der Waals surface area contributed by atoms with Crippen LogP contribution in [-0.4, -0.2) is 169 Å². The van der Waals surface area contributed by atoms with Gasteiger partial charge in [0, 0.05) is 101 Å². The van der Waals surface area contributed by atoms with E-state index < -0.39 is 66.5 Å². The first kappa shape index (κ1) is 95.8. The quantitative estimate of drug-likeness (QED) is 0.0153. The first-order valence-corrected chi connectivity index (χ1v) is 45.9. The van der Waals surface area contributed by atoms with E-state index in [4.69, 9.17) is 82.4 Å². The van der Waals surface area contributed by atoms with Crippen molar-refractivity contribution >= 4 is 77.8 Å². The molecule has 594 valence electrons. The number of halogens is 1. The first-order chi connectivity index (χ1) is 50.8. The maximum Gasteiger partial charge on any atom is 0.310 e. The van der Waals surface area contributed by atoms with E-state index in [0.29, 0.717) is 93.2 Å². The molecule has 0 saturated carbocycles. The number of hydrogen-bond donors (Lipinski definition) is 6. The zero-order chi connectivity index (χ0) is 79.6. The first-order valence-electron chi connectivity index (χ1n) is 34.8. The third-order valence-corrected chi connectivity index (χ3v) is 23.9. The van der Waals surface area contributed by atoms with E-state index >= 15 is 0 Å². The van der Waals surface area contributed by atoms with Gasteiger partial charge in [-0.1, -0.05) is 131 Å². The summed E-state index contributed by atoms with van der Waals surface area (Å²) in [6.07, 6.45) is 12.6. The Balaban J connectivity index is 0.000000459. The summed E-state index contributed by atoms with van der Waals surface area (Å²) < 4.78 is 77.1. The van der Waals surface area contributed by atoms with E-state index in [1.165, 1.54) is 52.0 Å². The lowest BCUT2D eigenvalue weighted by molar-refractivity contribution is -0.138. The van der Waals surface area contributed by atoms with Crippen LogP contribution in [-0.2, 0) is 74.6 Å². The minimum absolute atomic E-state index is 0.0137. The number of aryl methyl sites for hydroxylation is 4. The van der Waals surface area contributed by atoms with Crippen molar-refractivity contribution in [2.75, 3.05) is 109 Å². The second-order valence-electron chi connectivity index (χ2n) is 24.0. The Kier molecular flexibility index (Phi) is 47.9. The number of carbonyl (C=O) groups is 5. The summed E-state index contributed by atoms with van der Waals surface area (Å²) >= 11 is 6.04. The van der Waals surface area contributed by atoms with Crippen LogP contribution < -0.4 is 27.1 Å². The summed E-state index contributed by atoms with van der Waals surface area (Å²) in [5.74, 6) is -0.189. The molecule has 6 aromatic carbocycles. The summed E-state index contributed by atoms with van der Waals surface area (Å²) in [5.41, 5.74) is 4.54. The monoisotopic (exact) mass is 1610 g/mol. The molecule has 0 aliphatic rings. The molecule has 0 bridgehead atoms. The molecule has 0 radical (unpaired) electrons. The van der Waals surface area contributed by atoms with Crippen LogP contribution in [0.4, 0.5) is 0 Å². The number of para-hydroxylation sites is 1. The molecule has 5 unspecified atom stereocenters. The smallest absolute Gasteiger partial charge is 0.310 e. The van der Waals surface area contributed by atoms with E-state index in [-0.39, 0.29) is 32.1 Å². The van der Waals surface area contributed by atoms with E-state index in [9.17, 15) is 28.9 Å². The standard InChI is InChI=1S/C20H34NO4P.C17H20NO4P.C16H26NO6P.C11H15ClNO3P.C11H16NO4P/c1-4-5-6-7-8-9-10-11-16-24-26(3,21-2)25-19-14-12-18(13-15-19)17-20(22)23;1-18-23(2,21-15-6-4-3-5-7-15)22-16-11-8-14(9-12-16)10-13-17(19)20;1-17-24(3,22-13-12-21-11-10-20-2)23-15-7-4-14(5-8-15)6-9-16(18)19;1-13-17(2,12)16-10-6-3-9(4-7-10)5-8-11(14)15;1-12-17(2,15)16-10-6-3-9(4-7-10)5-8-11(13)14/h12-15H,4-11,16-17H2,1-3H3,(H,22,23);3-9,11-12H,10,13H2,1-2H3,(H,19,20);4-5,7-8H,6,9-13H2,1-3H3,(H,18,19);3-4,6-7H,5,8H2,1-2H3,(H,14,15);3-4,6-7,15H,5,8H2,1-2H3,(H,13,14). The molecule has 32 heteroatoms. The molecule has 26 nitrogen and oxygen atoms in total. The van der Waals surface area contributed by atoms with Crippen LogP contribution in [0.25, 0.3) is 0 Å². The number of methoxy groups -OCH3 is 1. The number of ether oxygens (including phenoxy) is 2. The number of aliphatic carboxylic acids is 5. The Hall–Kier alpha value is -7.29. The Bertz CT molecular complexity index is 3760. The third kappa shape index (κ3) is 46.6. The van der Waals surface area contributed by atoms with Crippen LogP contribution >= 0.6 is 47.9 Å². The van der Waals surface area contributed by atoms with E-state index in [1.54, 1.807) is 121 Å². The van der Waals surface area contributed by atoms with Gasteiger partial charge in [0.1, 0.15) is 34.5 Å². The van der Waals surface area contributed by atoms with Crippen molar-refractivity contribution < 1.29 is 100 Å². The van der Waals surface area contributed by atoms with Crippen molar-refractivity contribution in [2.24, 2.45) is 23.7 Å². The number of carboxylic acid groups (broad SMARTS) is 5. The van der Waals surface area contributed by atoms with Crippen molar-refractivity contribution in [3.8, 4) is 34.5 Å². The zero-order valence-corrected chi connectivity index (χ0v) is 68.9. The van der Waals surface area contributed by atoms with Gasteiger partial charge in [0.15, 0.2) is 0 Å². The molecule has 0 amide bonds. The van der Waals surface area contributed by atoms with Crippen molar-refractivity contribution in [1.29, 1.82) is 0 Å². The molecule has 6 rings (SSSR count). The van der Waals surface area contributed by atoms with Crippen LogP contribution in [0, 0.1) is 0 Å². The van der Waals surface area contributed by atoms with Gasteiger partial charge in [0.2, 0.25) is 6.63 Å². The van der Waals surface area contributed by atoms with Gasteiger partial charge in [-0.15, -0.1) is 0 Å². The van der Waals surface area contributed by atoms with Crippen LogP contribution in [0.3, 0.4) is 0 Å². The van der Waals surface area contributed by atoms with Gasteiger partial charge in [-0.05, 0) is 144 Å². The van der Waals surface area contributed by atoms with E-state index in [2.05, 4.69) is 30.6 Å². The minimum atomic E-state index is -2.66. The predicted octanol–water partition coefficient (Wildman–Crippen LogP) is 19.6. The normalized spacial score (nSPS) is 13.4. The number of nitrogens with zero attached hydrogens (tertiary/aromatic N) is 5. The van der Waals surface area contributed by atoms with Gasteiger partial charge < -0.3 is 76.1 Å². The largest absolute Gasteiger partial charge is 0.481 e. The highest BCUT2D eigenvalue weighted by Crippen LogP contribution is 2.52. The third-order valence-electron chi connectivity index (χ3n) is 15.0. The summed E-state index contributed by atoms with van der Waals surface area (Å²) in [4.78, 5) is 62.4. The lowest BCUT2D eigenvalue weighted by Crippen LogP contribution is -2.08. The molecular formula is C75H111ClN5O21P5. The lowest BCUT2D eigenvalue weighted by Gasteiger charge is -2.21. The topological polar surface area (TPSA) is 361 Å². The Labute approximate surface area is 637 Å².